The monoisotopic (exact) mass is 195 g/mol. The molecule has 1 aromatic rings. The fourth-order valence-corrected chi connectivity index (χ4v) is 1.95. The lowest BCUT2D eigenvalue weighted by Gasteiger charge is -2.34. The van der Waals surface area contributed by atoms with E-state index in [2.05, 4.69) is 24.0 Å². The maximum absolute atomic E-state index is 5.86. The van der Waals surface area contributed by atoms with Crippen molar-refractivity contribution in [1.29, 1.82) is 0 Å². The highest BCUT2D eigenvalue weighted by molar-refractivity contribution is 5.09. The molecule has 2 atom stereocenters. The molecular formula is C10H17N3O. The van der Waals surface area contributed by atoms with Gasteiger partial charge in [0.25, 0.3) is 0 Å². The summed E-state index contributed by atoms with van der Waals surface area (Å²) in [7, 11) is 4.06. The third-order valence-electron chi connectivity index (χ3n) is 2.54. The lowest BCUT2D eigenvalue weighted by molar-refractivity contribution is -0.0715. The van der Waals surface area contributed by atoms with Crippen LogP contribution in [0.3, 0.4) is 0 Å². The van der Waals surface area contributed by atoms with Crippen molar-refractivity contribution in [2.45, 2.75) is 19.1 Å². The quantitative estimate of drug-likeness (QED) is 0.664. The van der Waals surface area contributed by atoms with Gasteiger partial charge in [-0.25, -0.2) is 0 Å². The number of hydrogen-bond donors (Lipinski definition) is 0. The summed E-state index contributed by atoms with van der Waals surface area (Å²) < 4.78 is 7.68. The Kier molecular flexibility index (Phi) is 2.56. The number of nitrogens with zero attached hydrogens (tertiary/aromatic N) is 3. The number of ether oxygens (including phenoxy) is 1. The first-order valence-corrected chi connectivity index (χ1v) is 4.97. The van der Waals surface area contributed by atoms with Gasteiger partial charge in [-0.1, -0.05) is 0 Å². The number of aromatic nitrogens is 2. The molecule has 0 unspecified atom stereocenters. The highest BCUT2D eigenvalue weighted by Gasteiger charge is 2.24. The van der Waals surface area contributed by atoms with E-state index < -0.39 is 0 Å². The summed E-state index contributed by atoms with van der Waals surface area (Å²) in [6.45, 7) is 4.08. The molecule has 1 aliphatic rings. The van der Waals surface area contributed by atoms with Crippen LogP contribution in [-0.4, -0.2) is 40.9 Å². The zero-order valence-corrected chi connectivity index (χ0v) is 8.97. The Bertz CT molecular complexity index is 300. The SMILES string of the molecule is C[C@H]1CN(C)C[C@@H](c2cnn(C)c2)O1. The Morgan fingerprint density at radius 2 is 2.21 bits per heavy atom. The van der Waals surface area contributed by atoms with Crippen LogP contribution in [0.5, 0.6) is 0 Å². The molecule has 0 saturated carbocycles. The third-order valence-corrected chi connectivity index (χ3v) is 2.54. The molecule has 0 aliphatic carbocycles. The minimum Gasteiger partial charge on any atom is -0.368 e. The van der Waals surface area contributed by atoms with E-state index in [1.807, 2.05) is 24.1 Å². The van der Waals surface area contributed by atoms with Gasteiger partial charge in [0.2, 0.25) is 0 Å². The molecule has 0 radical (unpaired) electrons. The smallest absolute Gasteiger partial charge is 0.0986 e. The van der Waals surface area contributed by atoms with Gasteiger partial charge in [-0.05, 0) is 14.0 Å². The Morgan fingerprint density at radius 3 is 2.79 bits per heavy atom. The van der Waals surface area contributed by atoms with Gasteiger partial charge in [-0.2, -0.15) is 5.10 Å². The summed E-state index contributed by atoms with van der Waals surface area (Å²) in [4.78, 5) is 2.30. The topological polar surface area (TPSA) is 30.3 Å². The number of rotatable bonds is 1. The van der Waals surface area contributed by atoms with E-state index in [4.69, 9.17) is 4.74 Å². The van der Waals surface area contributed by atoms with Gasteiger partial charge in [0.15, 0.2) is 0 Å². The van der Waals surface area contributed by atoms with Gasteiger partial charge in [0.05, 0.1) is 18.4 Å². The zero-order chi connectivity index (χ0) is 10.1. The molecule has 0 N–H and O–H groups in total. The number of aryl methyl sites for hydroxylation is 1. The van der Waals surface area contributed by atoms with Crippen LogP contribution in [0.2, 0.25) is 0 Å². The molecule has 1 fully saturated rings. The summed E-state index contributed by atoms with van der Waals surface area (Å²) in [5.41, 5.74) is 1.17. The molecule has 4 heteroatoms. The second kappa shape index (κ2) is 3.71. The van der Waals surface area contributed by atoms with E-state index in [0.29, 0.717) is 6.10 Å². The van der Waals surface area contributed by atoms with E-state index >= 15 is 0 Å². The Hall–Kier alpha value is -0.870. The molecule has 1 aliphatic heterocycles. The molecule has 0 bridgehead atoms. The summed E-state index contributed by atoms with van der Waals surface area (Å²) in [5.74, 6) is 0. The van der Waals surface area contributed by atoms with Crippen LogP contribution in [0.25, 0.3) is 0 Å². The molecule has 1 saturated heterocycles. The van der Waals surface area contributed by atoms with E-state index in [-0.39, 0.29) is 6.10 Å². The van der Waals surface area contributed by atoms with Crippen molar-refractivity contribution in [3.63, 3.8) is 0 Å². The molecule has 0 aromatic carbocycles. The first-order valence-electron chi connectivity index (χ1n) is 4.97. The highest BCUT2D eigenvalue weighted by Crippen LogP contribution is 2.23. The largest absolute Gasteiger partial charge is 0.368 e. The summed E-state index contributed by atoms with van der Waals surface area (Å²) in [6, 6.07) is 0. The zero-order valence-electron chi connectivity index (χ0n) is 8.97. The van der Waals surface area contributed by atoms with E-state index in [1.54, 1.807) is 0 Å². The van der Waals surface area contributed by atoms with Gasteiger partial charge in [0.1, 0.15) is 0 Å². The van der Waals surface area contributed by atoms with Crippen LogP contribution in [-0.2, 0) is 11.8 Å². The van der Waals surface area contributed by atoms with Crippen LogP contribution in [0.1, 0.15) is 18.6 Å². The molecule has 2 rings (SSSR count). The summed E-state index contributed by atoms with van der Waals surface area (Å²) in [5, 5.41) is 4.16. The third kappa shape index (κ3) is 1.96. The van der Waals surface area contributed by atoms with E-state index in [1.165, 1.54) is 5.56 Å². The minimum absolute atomic E-state index is 0.178. The van der Waals surface area contributed by atoms with Crippen LogP contribution in [0.4, 0.5) is 0 Å². The van der Waals surface area contributed by atoms with Crippen molar-refractivity contribution < 1.29 is 4.74 Å². The standard InChI is InChI=1S/C10H17N3O/c1-8-5-12(2)7-10(14-8)9-4-11-13(3)6-9/h4,6,8,10H,5,7H2,1-3H3/t8-,10-/m0/s1. The maximum Gasteiger partial charge on any atom is 0.0986 e. The van der Waals surface area contributed by atoms with Crippen LogP contribution >= 0.6 is 0 Å². The Balaban J connectivity index is 2.10. The first kappa shape index (κ1) is 9.68. The average molecular weight is 195 g/mol. The molecule has 2 heterocycles. The number of hydrogen-bond acceptors (Lipinski definition) is 3. The fourth-order valence-electron chi connectivity index (χ4n) is 1.95. The lowest BCUT2D eigenvalue weighted by Crippen LogP contribution is -2.40. The van der Waals surface area contributed by atoms with Gasteiger partial charge < -0.3 is 9.64 Å². The molecule has 1 aromatic heterocycles. The van der Waals surface area contributed by atoms with Gasteiger partial charge >= 0.3 is 0 Å². The maximum atomic E-state index is 5.86. The molecule has 0 amide bonds. The Labute approximate surface area is 84.5 Å². The normalized spacial score (nSPS) is 29.4. The van der Waals surface area contributed by atoms with Gasteiger partial charge in [-0.3, -0.25) is 4.68 Å². The van der Waals surface area contributed by atoms with Gasteiger partial charge in [0, 0.05) is 31.9 Å². The van der Waals surface area contributed by atoms with Crippen molar-refractivity contribution in [1.82, 2.24) is 14.7 Å². The molecular weight excluding hydrogens is 178 g/mol. The van der Waals surface area contributed by atoms with Crippen molar-refractivity contribution in [2.24, 2.45) is 7.05 Å². The van der Waals surface area contributed by atoms with E-state index in [0.717, 1.165) is 13.1 Å². The Morgan fingerprint density at radius 1 is 1.43 bits per heavy atom. The van der Waals surface area contributed by atoms with Crippen molar-refractivity contribution in [3.8, 4) is 0 Å². The summed E-state index contributed by atoms with van der Waals surface area (Å²) >= 11 is 0. The molecule has 0 spiro atoms. The molecule has 14 heavy (non-hydrogen) atoms. The van der Waals surface area contributed by atoms with Crippen molar-refractivity contribution in [2.75, 3.05) is 20.1 Å². The van der Waals surface area contributed by atoms with Crippen molar-refractivity contribution in [3.05, 3.63) is 18.0 Å². The fraction of sp³-hybridized carbons (Fsp3) is 0.700. The predicted octanol–water partition coefficient (Wildman–Crippen LogP) is 0.812. The van der Waals surface area contributed by atoms with Crippen LogP contribution in [0.15, 0.2) is 12.4 Å². The molecule has 78 valence electrons. The average Bonchev–Trinajstić information content (AvgIpc) is 2.50. The second-order valence-corrected chi connectivity index (χ2v) is 4.10. The van der Waals surface area contributed by atoms with Gasteiger partial charge in [-0.15, -0.1) is 0 Å². The molecule has 4 nitrogen and oxygen atoms in total. The number of morpholine rings is 1. The predicted molar refractivity (Wildman–Crippen MR) is 54.0 cm³/mol. The second-order valence-electron chi connectivity index (χ2n) is 4.10. The lowest BCUT2D eigenvalue weighted by atomic mass is 10.1. The highest BCUT2D eigenvalue weighted by atomic mass is 16.5. The minimum atomic E-state index is 0.178. The van der Waals surface area contributed by atoms with Crippen LogP contribution in [0, 0.1) is 0 Å². The van der Waals surface area contributed by atoms with Crippen LogP contribution < -0.4 is 0 Å². The van der Waals surface area contributed by atoms with E-state index in [9.17, 15) is 0 Å². The van der Waals surface area contributed by atoms with Crippen molar-refractivity contribution >= 4 is 0 Å². The number of likely N-dealkylation sites (N-methyl/N-ethyl adjacent to an activating group) is 1. The first-order chi connectivity index (χ1) is 6.65. The summed E-state index contributed by atoms with van der Waals surface area (Å²) in [6.07, 6.45) is 4.39.